The SMILES string of the molecule is Cn1cc(CCC(=O)N2CC[C@H](Oc3ccccc3)[C@@H](CC(N)=O)C2)cn1. The van der Waals surface area contributed by atoms with Crippen LogP contribution in [0.15, 0.2) is 42.7 Å². The van der Waals surface area contributed by atoms with Gasteiger partial charge in [-0.25, -0.2) is 0 Å². The summed E-state index contributed by atoms with van der Waals surface area (Å²) in [7, 11) is 1.86. The fraction of sp³-hybridized carbons (Fsp3) is 0.450. The van der Waals surface area contributed by atoms with Gasteiger partial charge in [0.1, 0.15) is 11.9 Å². The van der Waals surface area contributed by atoms with Gasteiger partial charge in [-0.05, 0) is 24.1 Å². The number of primary amides is 1. The molecule has 0 bridgehead atoms. The molecule has 2 N–H and O–H groups in total. The highest BCUT2D eigenvalue weighted by atomic mass is 16.5. The van der Waals surface area contributed by atoms with Gasteiger partial charge in [0.15, 0.2) is 0 Å². The minimum atomic E-state index is -0.369. The number of para-hydroxylation sites is 1. The average Bonchev–Trinajstić information content (AvgIpc) is 3.07. The number of rotatable bonds is 7. The molecule has 2 atom stereocenters. The highest BCUT2D eigenvalue weighted by Gasteiger charge is 2.33. The quantitative estimate of drug-likeness (QED) is 0.800. The lowest BCUT2D eigenvalue weighted by Gasteiger charge is -2.38. The molecule has 144 valence electrons. The number of ether oxygens (including phenoxy) is 1. The summed E-state index contributed by atoms with van der Waals surface area (Å²) in [4.78, 5) is 26.0. The van der Waals surface area contributed by atoms with Crippen LogP contribution in [0.3, 0.4) is 0 Å². The largest absolute Gasteiger partial charge is 0.490 e. The van der Waals surface area contributed by atoms with E-state index in [1.807, 2.05) is 48.5 Å². The summed E-state index contributed by atoms with van der Waals surface area (Å²) in [6, 6.07) is 9.54. The molecule has 1 aliphatic heterocycles. The second kappa shape index (κ2) is 8.70. The number of carbonyl (C=O) groups excluding carboxylic acids is 2. The highest BCUT2D eigenvalue weighted by molar-refractivity contribution is 5.77. The van der Waals surface area contributed by atoms with Gasteiger partial charge in [0.05, 0.1) is 6.20 Å². The van der Waals surface area contributed by atoms with E-state index >= 15 is 0 Å². The molecule has 1 aliphatic rings. The van der Waals surface area contributed by atoms with Gasteiger partial charge in [0.25, 0.3) is 0 Å². The van der Waals surface area contributed by atoms with Gasteiger partial charge in [0.2, 0.25) is 11.8 Å². The summed E-state index contributed by atoms with van der Waals surface area (Å²) in [5, 5.41) is 4.13. The molecule has 7 nitrogen and oxygen atoms in total. The minimum Gasteiger partial charge on any atom is -0.490 e. The Hall–Kier alpha value is -2.83. The van der Waals surface area contributed by atoms with E-state index in [9.17, 15) is 9.59 Å². The van der Waals surface area contributed by atoms with Crippen LogP contribution < -0.4 is 10.5 Å². The first-order valence-corrected chi connectivity index (χ1v) is 9.26. The molecule has 1 fully saturated rings. The minimum absolute atomic E-state index is 0.0893. The zero-order valence-corrected chi connectivity index (χ0v) is 15.6. The summed E-state index contributed by atoms with van der Waals surface area (Å²) in [5.41, 5.74) is 6.47. The molecule has 7 heteroatoms. The number of likely N-dealkylation sites (tertiary alicyclic amines) is 1. The smallest absolute Gasteiger partial charge is 0.222 e. The summed E-state index contributed by atoms with van der Waals surface area (Å²) < 4.78 is 7.80. The van der Waals surface area contributed by atoms with Crippen LogP contribution in [0.2, 0.25) is 0 Å². The van der Waals surface area contributed by atoms with Crippen LogP contribution in [0, 0.1) is 5.92 Å². The zero-order chi connectivity index (χ0) is 19.2. The van der Waals surface area contributed by atoms with Gasteiger partial charge >= 0.3 is 0 Å². The van der Waals surface area contributed by atoms with Crippen LogP contribution in [0.5, 0.6) is 5.75 Å². The number of benzene rings is 1. The Morgan fingerprint density at radius 3 is 2.74 bits per heavy atom. The van der Waals surface area contributed by atoms with Crippen molar-refractivity contribution < 1.29 is 14.3 Å². The van der Waals surface area contributed by atoms with Crippen molar-refractivity contribution in [2.75, 3.05) is 13.1 Å². The van der Waals surface area contributed by atoms with E-state index in [0.29, 0.717) is 32.4 Å². The van der Waals surface area contributed by atoms with E-state index in [-0.39, 0.29) is 30.3 Å². The van der Waals surface area contributed by atoms with E-state index in [1.54, 1.807) is 10.9 Å². The predicted molar refractivity (Wildman–Crippen MR) is 101 cm³/mol. The Morgan fingerprint density at radius 1 is 1.30 bits per heavy atom. The molecule has 0 unspecified atom stereocenters. The van der Waals surface area contributed by atoms with E-state index in [2.05, 4.69) is 5.10 Å². The second-order valence-electron chi connectivity index (χ2n) is 7.05. The van der Waals surface area contributed by atoms with Crippen LogP contribution in [0.4, 0.5) is 0 Å². The second-order valence-corrected chi connectivity index (χ2v) is 7.05. The summed E-state index contributed by atoms with van der Waals surface area (Å²) in [6.45, 7) is 1.12. The third kappa shape index (κ3) is 5.32. The molecule has 2 heterocycles. The van der Waals surface area contributed by atoms with Crippen molar-refractivity contribution in [3.8, 4) is 5.75 Å². The molecule has 1 aromatic carbocycles. The first-order chi connectivity index (χ1) is 13.0. The molecule has 2 amide bonds. The third-order valence-electron chi connectivity index (χ3n) is 4.90. The number of aromatic nitrogens is 2. The maximum Gasteiger partial charge on any atom is 0.222 e. The van der Waals surface area contributed by atoms with Crippen molar-refractivity contribution in [2.45, 2.75) is 31.8 Å². The van der Waals surface area contributed by atoms with Crippen molar-refractivity contribution in [1.82, 2.24) is 14.7 Å². The molecule has 0 radical (unpaired) electrons. The van der Waals surface area contributed by atoms with Crippen LogP contribution in [-0.2, 0) is 23.1 Å². The lowest BCUT2D eigenvalue weighted by Crippen LogP contribution is -2.49. The molecule has 27 heavy (non-hydrogen) atoms. The third-order valence-corrected chi connectivity index (χ3v) is 4.90. The number of hydrogen-bond acceptors (Lipinski definition) is 4. The Morgan fingerprint density at radius 2 is 2.07 bits per heavy atom. The van der Waals surface area contributed by atoms with Crippen molar-refractivity contribution in [3.63, 3.8) is 0 Å². The van der Waals surface area contributed by atoms with E-state index < -0.39 is 0 Å². The lowest BCUT2D eigenvalue weighted by atomic mass is 9.90. The van der Waals surface area contributed by atoms with Crippen LogP contribution in [0.25, 0.3) is 0 Å². The number of amides is 2. The molecular weight excluding hydrogens is 344 g/mol. The fourth-order valence-electron chi connectivity index (χ4n) is 3.53. The Bertz CT molecular complexity index is 775. The van der Waals surface area contributed by atoms with Crippen LogP contribution in [0.1, 0.15) is 24.8 Å². The molecule has 0 spiro atoms. The number of aryl methyl sites for hydroxylation is 2. The van der Waals surface area contributed by atoms with Gasteiger partial charge in [-0.15, -0.1) is 0 Å². The maximum atomic E-state index is 12.6. The van der Waals surface area contributed by atoms with Crippen molar-refractivity contribution >= 4 is 11.8 Å². The lowest BCUT2D eigenvalue weighted by molar-refractivity contribution is -0.136. The van der Waals surface area contributed by atoms with Crippen LogP contribution >= 0.6 is 0 Å². The highest BCUT2D eigenvalue weighted by Crippen LogP contribution is 2.26. The molecule has 3 rings (SSSR count). The van der Waals surface area contributed by atoms with Crippen LogP contribution in [-0.4, -0.2) is 45.7 Å². The predicted octanol–water partition coefficient (Wildman–Crippen LogP) is 1.52. The Balaban J connectivity index is 1.59. The van der Waals surface area contributed by atoms with Gasteiger partial charge in [0, 0.05) is 51.5 Å². The van der Waals surface area contributed by atoms with Crippen molar-refractivity contribution in [2.24, 2.45) is 18.7 Å². The van der Waals surface area contributed by atoms with Crippen molar-refractivity contribution in [3.05, 3.63) is 48.3 Å². The first kappa shape index (κ1) is 18.9. The summed E-state index contributed by atoms with van der Waals surface area (Å²) in [6.07, 6.45) is 5.57. The number of nitrogens with two attached hydrogens (primary N) is 1. The molecular formula is C20H26N4O3. The van der Waals surface area contributed by atoms with Gasteiger partial charge in [-0.1, -0.05) is 18.2 Å². The topological polar surface area (TPSA) is 90.5 Å². The fourth-order valence-corrected chi connectivity index (χ4v) is 3.53. The van der Waals surface area contributed by atoms with E-state index in [0.717, 1.165) is 11.3 Å². The average molecular weight is 370 g/mol. The normalized spacial score (nSPS) is 19.7. The van der Waals surface area contributed by atoms with Gasteiger partial charge in [-0.3, -0.25) is 14.3 Å². The zero-order valence-electron chi connectivity index (χ0n) is 15.6. The van der Waals surface area contributed by atoms with Gasteiger partial charge < -0.3 is 15.4 Å². The van der Waals surface area contributed by atoms with Gasteiger partial charge in [-0.2, -0.15) is 5.10 Å². The Labute approximate surface area is 159 Å². The molecule has 1 aromatic heterocycles. The summed E-state index contributed by atoms with van der Waals surface area (Å²) >= 11 is 0. The monoisotopic (exact) mass is 370 g/mol. The summed E-state index contributed by atoms with van der Waals surface area (Å²) in [5.74, 6) is 0.393. The molecule has 2 aromatic rings. The number of carbonyl (C=O) groups is 2. The number of hydrogen-bond donors (Lipinski definition) is 1. The first-order valence-electron chi connectivity index (χ1n) is 9.26. The molecule has 0 aliphatic carbocycles. The van der Waals surface area contributed by atoms with Crippen molar-refractivity contribution in [1.29, 1.82) is 0 Å². The number of piperidine rings is 1. The number of nitrogens with zero attached hydrogens (tertiary/aromatic N) is 3. The molecule has 0 saturated carbocycles. The standard InChI is InChI=1S/C20H26N4O3/c1-23-13-15(12-22-23)7-8-20(26)24-10-9-18(16(14-24)11-19(21)25)27-17-5-3-2-4-6-17/h2-6,12-13,16,18H,7-11,14H2,1H3,(H2,21,25)/t16-,18-/m0/s1. The molecule has 1 saturated heterocycles. The van der Waals surface area contributed by atoms with E-state index in [1.165, 1.54) is 0 Å². The maximum absolute atomic E-state index is 12.6. The van der Waals surface area contributed by atoms with E-state index in [4.69, 9.17) is 10.5 Å². The Kier molecular flexibility index (Phi) is 6.11.